The lowest BCUT2D eigenvalue weighted by atomic mass is 9.42. The highest BCUT2D eigenvalue weighted by atomic mass is 16.5. The fourth-order valence-corrected chi connectivity index (χ4v) is 7.00. The highest BCUT2D eigenvalue weighted by Gasteiger charge is 2.69. The lowest BCUT2D eigenvalue weighted by Gasteiger charge is -2.65. The van der Waals surface area contributed by atoms with Gasteiger partial charge in [-0.1, -0.05) is 26.0 Å². The number of ether oxygens (including phenoxy) is 1. The molecule has 1 saturated heterocycles. The molecule has 2 heterocycles. The van der Waals surface area contributed by atoms with Gasteiger partial charge in [0.1, 0.15) is 11.9 Å². The molecule has 0 N–H and O–H groups in total. The molecule has 1 aromatic carbocycles. The van der Waals surface area contributed by atoms with Gasteiger partial charge in [0, 0.05) is 17.0 Å². The van der Waals surface area contributed by atoms with Crippen molar-refractivity contribution in [1.82, 2.24) is 4.90 Å². The van der Waals surface area contributed by atoms with Crippen molar-refractivity contribution >= 4 is 0 Å². The maximum Gasteiger partial charge on any atom is 0.126 e. The number of piperidine rings is 1. The fraction of sp³-hybridized carbons (Fsp3) is 0.700. The van der Waals surface area contributed by atoms with E-state index in [-0.39, 0.29) is 5.41 Å². The second-order valence-corrected chi connectivity index (χ2v) is 8.53. The highest BCUT2D eigenvalue weighted by molar-refractivity contribution is 5.60. The number of nitrogens with zero attached hydrogens (tertiary/aromatic N) is 1. The van der Waals surface area contributed by atoms with E-state index < -0.39 is 0 Å². The number of likely N-dealkylation sites (N-methyl/N-ethyl adjacent to an activating group) is 1. The Balaban J connectivity index is 1.89. The summed E-state index contributed by atoms with van der Waals surface area (Å²) in [4.78, 5) is 2.65. The molecule has 2 fully saturated rings. The summed E-state index contributed by atoms with van der Waals surface area (Å²) in [6, 6.07) is 5.36. The van der Waals surface area contributed by atoms with Crippen LogP contribution in [-0.2, 0) is 5.41 Å². The van der Waals surface area contributed by atoms with Gasteiger partial charge in [0.2, 0.25) is 0 Å². The zero-order valence-electron chi connectivity index (χ0n) is 14.3. The maximum atomic E-state index is 6.64. The summed E-state index contributed by atoms with van der Waals surface area (Å²) in [6.45, 7) is 8.48. The van der Waals surface area contributed by atoms with E-state index in [1.807, 2.05) is 0 Å². The average molecular weight is 297 g/mol. The lowest BCUT2D eigenvalue weighted by Crippen LogP contribution is -2.69. The Labute approximate surface area is 133 Å². The molecule has 0 radical (unpaired) electrons. The first-order valence-electron chi connectivity index (χ1n) is 9.01. The average Bonchev–Trinajstić information content (AvgIpc) is 2.81. The van der Waals surface area contributed by atoms with Crippen LogP contribution in [0.2, 0.25) is 0 Å². The van der Waals surface area contributed by atoms with Crippen LogP contribution >= 0.6 is 0 Å². The molecular formula is C20H27NO. The second-order valence-electron chi connectivity index (χ2n) is 8.53. The van der Waals surface area contributed by atoms with Crippen molar-refractivity contribution in [3.63, 3.8) is 0 Å². The predicted octanol–water partition coefficient (Wildman–Crippen LogP) is 4.01. The summed E-state index contributed by atoms with van der Waals surface area (Å²) in [5.41, 5.74) is 5.20. The van der Waals surface area contributed by atoms with Crippen LogP contribution in [0.4, 0.5) is 0 Å². The highest BCUT2D eigenvalue weighted by Crippen LogP contribution is 2.70. The predicted molar refractivity (Wildman–Crippen MR) is 88.7 cm³/mol. The molecule has 5 atom stereocenters. The van der Waals surface area contributed by atoms with E-state index in [0.29, 0.717) is 23.5 Å². The van der Waals surface area contributed by atoms with Crippen molar-refractivity contribution in [3.8, 4) is 5.75 Å². The van der Waals surface area contributed by atoms with Crippen molar-refractivity contribution in [2.24, 2.45) is 5.41 Å². The third-order valence-corrected chi connectivity index (χ3v) is 7.77. The monoisotopic (exact) mass is 297 g/mol. The van der Waals surface area contributed by atoms with Gasteiger partial charge in [-0.05, 0) is 68.7 Å². The number of rotatable bonds is 0. The molecular weight excluding hydrogens is 270 g/mol. The van der Waals surface area contributed by atoms with Crippen LogP contribution in [0.3, 0.4) is 0 Å². The smallest absolute Gasteiger partial charge is 0.126 e. The van der Waals surface area contributed by atoms with Gasteiger partial charge < -0.3 is 9.64 Å². The maximum absolute atomic E-state index is 6.64. The van der Waals surface area contributed by atoms with E-state index >= 15 is 0 Å². The number of benzene rings is 1. The summed E-state index contributed by atoms with van der Waals surface area (Å²) >= 11 is 0. The molecule has 1 spiro atoms. The molecule has 22 heavy (non-hydrogen) atoms. The number of likely N-dealkylation sites (tertiary alicyclic amines) is 1. The van der Waals surface area contributed by atoms with Crippen LogP contribution < -0.4 is 4.74 Å². The third kappa shape index (κ3) is 1.18. The van der Waals surface area contributed by atoms with Crippen molar-refractivity contribution in [2.75, 3.05) is 13.6 Å². The minimum absolute atomic E-state index is 0.283. The van der Waals surface area contributed by atoms with Crippen LogP contribution in [0.5, 0.6) is 5.75 Å². The lowest BCUT2D eigenvalue weighted by molar-refractivity contribution is -0.115. The molecule has 5 rings (SSSR count). The van der Waals surface area contributed by atoms with Gasteiger partial charge in [0.15, 0.2) is 0 Å². The van der Waals surface area contributed by atoms with Crippen LogP contribution in [-0.4, -0.2) is 30.6 Å². The van der Waals surface area contributed by atoms with Gasteiger partial charge in [-0.2, -0.15) is 0 Å². The van der Waals surface area contributed by atoms with Gasteiger partial charge in [0.25, 0.3) is 0 Å². The van der Waals surface area contributed by atoms with E-state index in [4.69, 9.17) is 4.74 Å². The number of aryl methyl sites for hydroxylation is 1. The minimum Gasteiger partial charge on any atom is -0.489 e. The van der Waals surface area contributed by atoms with Crippen molar-refractivity contribution in [2.45, 2.75) is 69.9 Å². The van der Waals surface area contributed by atoms with E-state index in [2.05, 4.69) is 44.9 Å². The molecule has 2 nitrogen and oxygen atoms in total. The van der Waals surface area contributed by atoms with Crippen LogP contribution in [0.15, 0.2) is 12.1 Å². The first kappa shape index (κ1) is 13.4. The van der Waals surface area contributed by atoms with Crippen LogP contribution in [0.25, 0.3) is 0 Å². The Morgan fingerprint density at radius 2 is 2.09 bits per heavy atom. The van der Waals surface area contributed by atoms with Crippen LogP contribution in [0.1, 0.15) is 62.1 Å². The Hall–Kier alpha value is -1.02. The van der Waals surface area contributed by atoms with Crippen molar-refractivity contribution < 1.29 is 4.74 Å². The van der Waals surface area contributed by atoms with E-state index in [9.17, 15) is 0 Å². The quantitative estimate of drug-likeness (QED) is 0.717. The molecule has 118 valence electrons. The normalized spacial score (nSPS) is 45.4. The van der Waals surface area contributed by atoms with Crippen LogP contribution in [0, 0.1) is 12.3 Å². The molecule has 2 aliphatic heterocycles. The molecule has 2 unspecified atom stereocenters. The molecule has 2 heteroatoms. The summed E-state index contributed by atoms with van der Waals surface area (Å²) in [6.07, 6.45) is 5.62. The molecule has 4 aliphatic rings. The molecule has 1 saturated carbocycles. The number of hydrogen-bond acceptors (Lipinski definition) is 2. The Bertz CT molecular complexity index is 668. The fourth-order valence-electron chi connectivity index (χ4n) is 7.00. The van der Waals surface area contributed by atoms with E-state index in [1.54, 1.807) is 11.1 Å². The zero-order chi connectivity index (χ0) is 15.3. The van der Waals surface area contributed by atoms with E-state index in [1.165, 1.54) is 43.5 Å². The third-order valence-electron chi connectivity index (χ3n) is 7.77. The molecule has 0 amide bonds. The Kier molecular flexibility index (Phi) is 2.38. The van der Waals surface area contributed by atoms with Gasteiger partial charge in [0.05, 0.1) is 0 Å². The number of hydrogen-bond donors (Lipinski definition) is 0. The Morgan fingerprint density at radius 1 is 1.27 bits per heavy atom. The largest absolute Gasteiger partial charge is 0.489 e. The summed E-state index contributed by atoms with van der Waals surface area (Å²) in [7, 11) is 2.35. The Morgan fingerprint density at radius 3 is 2.91 bits per heavy atom. The van der Waals surface area contributed by atoms with Crippen molar-refractivity contribution in [1.29, 1.82) is 0 Å². The van der Waals surface area contributed by atoms with Crippen molar-refractivity contribution in [3.05, 3.63) is 28.8 Å². The van der Waals surface area contributed by atoms with E-state index in [0.717, 1.165) is 0 Å². The van der Waals surface area contributed by atoms with Gasteiger partial charge in [-0.3, -0.25) is 0 Å². The minimum atomic E-state index is 0.283. The van der Waals surface area contributed by atoms with Gasteiger partial charge >= 0.3 is 0 Å². The van der Waals surface area contributed by atoms with Gasteiger partial charge in [-0.25, -0.2) is 0 Å². The standard InChI is InChI=1S/C20H27NO/c1-12-7-8-14-13(2)18-19(3)9-5-6-15-20(19,10-11-21(18)4)16(14)17(12)22-15/h7-8,13,15,18H,5-6,9-11H2,1-4H3/t13?,15-,18-,19?,20+/m0/s1. The van der Waals surface area contributed by atoms with Gasteiger partial charge in [-0.15, -0.1) is 0 Å². The second kappa shape index (κ2) is 3.90. The first-order chi connectivity index (χ1) is 10.5. The summed E-state index contributed by atoms with van der Waals surface area (Å²) < 4.78 is 6.64. The zero-order valence-corrected chi connectivity index (χ0v) is 14.3. The molecule has 0 aromatic heterocycles. The molecule has 2 bridgehead atoms. The molecule has 2 aliphatic carbocycles. The SMILES string of the molecule is Cc1ccc2c3c1O[C@H]1CCCC4(C)[C@H](C2C)N(C)CC[C@]314. The topological polar surface area (TPSA) is 12.5 Å². The molecule has 1 aromatic rings. The first-order valence-corrected chi connectivity index (χ1v) is 9.01. The summed E-state index contributed by atoms with van der Waals surface area (Å²) in [5.74, 6) is 1.86. The summed E-state index contributed by atoms with van der Waals surface area (Å²) in [5, 5.41) is 0.